The number of phenols is 2. The minimum absolute atomic E-state index is 0.107. The van der Waals surface area contributed by atoms with Crippen molar-refractivity contribution in [3.05, 3.63) is 54.5 Å². The van der Waals surface area contributed by atoms with Crippen LogP contribution in [0, 0.1) is 0 Å². The third-order valence-corrected chi connectivity index (χ3v) is 5.13. The molecular formula is C14H4Cl4O4. The van der Waals surface area contributed by atoms with Gasteiger partial charge in [-0.3, -0.25) is 9.59 Å². The van der Waals surface area contributed by atoms with E-state index in [1.807, 2.05) is 0 Å². The number of phenolic OH excluding ortho intramolecular Hbond substituents is 2. The molecule has 4 nitrogen and oxygen atoms in total. The van der Waals surface area contributed by atoms with Gasteiger partial charge in [0.1, 0.15) is 0 Å². The molecule has 0 fully saturated rings. The first kappa shape index (κ1) is 15.4. The molecule has 0 unspecified atom stereocenters. The second-order valence-corrected chi connectivity index (χ2v) is 6.06. The number of rotatable bonds is 0. The van der Waals surface area contributed by atoms with Gasteiger partial charge >= 0.3 is 0 Å². The molecule has 112 valence electrons. The van der Waals surface area contributed by atoms with Crippen LogP contribution < -0.4 is 0 Å². The molecule has 2 aromatic rings. The standard InChI is InChI=1S/C14H4Cl4O4/c15-9-7-8(10(16)12(18)11(9)17)14(22)4-2-6(20)5(19)1-3(4)13(7)21/h1-2,19-20H. The molecule has 0 heterocycles. The van der Waals surface area contributed by atoms with Crippen molar-refractivity contribution in [3.8, 4) is 11.5 Å². The van der Waals surface area contributed by atoms with Crippen molar-refractivity contribution in [2.75, 3.05) is 0 Å². The second-order valence-electron chi connectivity index (χ2n) is 4.55. The van der Waals surface area contributed by atoms with E-state index >= 15 is 0 Å². The monoisotopic (exact) mass is 376 g/mol. The molecular weight excluding hydrogens is 374 g/mol. The molecule has 0 atom stereocenters. The lowest BCUT2D eigenvalue weighted by atomic mass is 9.83. The van der Waals surface area contributed by atoms with E-state index in [-0.39, 0.29) is 42.3 Å². The number of carbonyl (C=O) groups is 2. The average Bonchev–Trinajstić information content (AvgIpc) is 2.48. The lowest BCUT2D eigenvalue weighted by Gasteiger charge is -2.21. The number of hydrogen-bond acceptors (Lipinski definition) is 4. The zero-order valence-corrected chi connectivity index (χ0v) is 13.4. The SMILES string of the molecule is O=C1c2cc(O)c(O)cc2C(=O)c2c(Cl)c(Cl)c(Cl)c(Cl)c21. The maximum atomic E-state index is 12.6. The first-order valence-electron chi connectivity index (χ1n) is 5.77. The maximum absolute atomic E-state index is 12.6. The molecule has 0 amide bonds. The predicted molar refractivity (Wildman–Crippen MR) is 83.1 cm³/mol. The highest BCUT2D eigenvalue weighted by molar-refractivity contribution is 6.55. The van der Waals surface area contributed by atoms with Gasteiger partial charge in [0, 0.05) is 11.1 Å². The molecule has 0 saturated carbocycles. The minimum atomic E-state index is -0.648. The van der Waals surface area contributed by atoms with Crippen molar-refractivity contribution >= 4 is 58.0 Å². The van der Waals surface area contributed by atoms with E-state index in [0.717, 1.165) is 12.1 Å². The largest absolute Gasteiger partial charge is 0.504 e. The normalized spacial score (nSPS) is 13.1. The molecule has 0 aromatic heterocycles. The Hall–Kier alpha value is -1.46. The lowest BCUT2D eigenvalue weighted by Crippen LogP contribution is -2.22. The molecule has 0 aliphatic heterocycles. The third kappa shape index (κ3) is 1.92. The van der Waals surface area contributed by atoms with Crippen molar-refractivity contribution in [1.29, 1.82) is 0 Å². The zero-order chi connectivity index (χ0) is 16.3. The van der Waals surface area contributed by atoms with E-state index in [2.05, 4.69) is 0 Å². The molecule has 2 N–H and O–H groups in total. The highest BCUT2D eigenvalue weighted by Crippen LogP contribution is 2.46. The summed E-state index contributed by atoms with van der Waals surface area (Å²) in [6.07, 6.45) is 0. The van der Waals surface area contributed by atoms with Gasteiger partial charge in [-0.15, -0.1) is 0 Å². The molecule has 1 aliphatic carbocycles. The van der Waals surface area contributed by atoms with Crippen LogP contribution in [-0.4, -0.2) is 21.8 Å². The number of fused-ring (bicyclic) bond motifs is 2. The summed E-state index contributed by atoms with van der Waals surface area (Å²) < 4.78 is 0. The summed E-state index contributed by atoms with van der Waals surface area (Å²) in [5.74, 6) is -2.37. The second kappa shape index (κ2) is 5.03. The van der Waals surface area contributed by atoms with Gasteiger partial charge in [0.25, 0.3) is 0 Å². The number of hydrogen-bond donors (Lipinski definition) is 2. The van der Waals surface area contributed by atoms with Crippen molar-refractivity contribution < 1.29 is 19.8 Å². The summed E-state index contributed by atoms with van der Waals surface area (Å²) in [4.78, 5) is 25.1. The van der Waals surface area contributed by atoms with E-state index in [1.54, 1.807) is 0 Å². The topological polar surface area (TPSA) is 74.6 Å². The lowest BCUT2D eigenvalue weighted by molar-refractivity contribution is 0.0978. The molecule has 1 aliphatic rings. The maximum Gasteiger partial charge on any atom is 0.196 e. The summed E-state index contributed by atoms with van der Waals surface area (Å²) in [7, 11) is 0. The predicted octanol–water partition coefficient (Wildman–Crippen LogP) is 4.49. The fraction of sp³-hybridized carbons (Fsp3) is 0. The number of halogens is 4. The van der Waals surface area contributed by atoms with Gasteiger partial charge in [-0.1, -0.05) is 46.4 Å². The fourth-order valence-electron chi connectivity index (χ4n) is 2.28. The van der Waals surface area contributed by atoms with Gasteiger partial charge in [0.2, 0.25) is 0 Å². The van der Waals surface area contributed by atoms with Gasteiger partial charge in [0.15, 0.2) is 23.1 Å². The number of benzene rings is 2. The van der Waals surface area contributed by atoms with Gasteiger partial charge < -0.3 is 10.2 Å². The van der Waals surface area contributed by atoms with Crippen LogP contribution in [0.25, 0.3) is 0 Å². The van der Waals surface area contributed by atoms with Crippen molar-refractivity contribution in [1.82, 2.24) is 0 Å². The van der Waals surface area contributed by atoms with Gasteiger partial charge in [-0.25, -0.2) is 0 Å². The Bertz CT molecular complexity index is 817. The number of aromatic hydroxyl groups is 2. The first-order chi connectivity index (χ1) is 10.3. The van der Waals surface area contributed by atoms with Crippen LogP contribution in [0.5, 0.6) is 11.5 Å². The van der Waals surface area contributed by atoms with Gasteiger partial charge in [-0.05, 0) is 12.1 Å². The van der Waals surface area contributed by atoms with Crippen LogP contribution in [-0.2, 0) is 0 Å². The smallest absolute Gasteiger partial charge is 0.196 e. The van der Waals surface area contributed by atoms with E-state index < -0.39 is 23.1 Å². The van der Waals surface area contributed by atoms with Crippen molar-refractivity contribution in [2.24, 2.45) is 0 Å². The van der Waals surface area contributed by atoms with Crippen LogP contribution in [0.2, 0.25) is 20.1 Å². The number of carbonyl (C=O) groups excluding carboxylic acids is 2. The zero-order valence-electron chi connectivity index (χ0n) is 10.4. The average molecular weight is 378 g/mol. The Morgan fingerprint density at radius 3 is 1.27 bits per heavy atom. The highest BCUT2D eigenvalue weighted by atomic mass is 35.5. The molecule has 0 spiro atoms. The van der Waals surface area contributed by atoms with E-state index in [9.17, 15) is 19.8 Å². The molecule has 2 aromatic carbocycles. The minimum Gasteiger partial charge on any atom is -0.504 e. The molecule has 3 rings (SSSR count). The summed E-state index contributed by atoms with van der Waals surface area (Å²) in [5, 5.41) is 18.4. The molecule has 22 heavy (non-hydrogen) atoms. The van der Waals surface area contributed by atoms with E-state index in [4.69, 9.17) is 46.4 Å². The Balaban J connectivity index is 2.44. The summed E-state index contributed by atoms with van der Waals surface area (Å²) in [5.41, 5.74) is -0.569. The Morgan fingerprint density at radius 2 is 0.955 bits per heavy atom. The number of ketones is 2. The summed E-state index contributed by atoms with van der Waals surface area (Å²) >= 11 is 23.9. The van der Waals surface area contributed by atoms with Crippen LogP contribution in [0.3, 0.4) is 0 Å². The Kier molecular flexibility index (Phi) is 3.53. The van der Waals surface area contributed by atoms with Gasteiger partial charge in [-0.2, -0.15) is 0 Å². The molecule has 0 saturated heterocycles. The molecule has 8 heteroatoms. The third-order valence-electron chi connectivity index (χ3n) is 3.33. The molecule has 0 radical (unpaired) electrons. The van der Waals surface area contributed by atoms with Gasteiger partial charge in [0.05, 0.1) is 31.2 Å². The summed E-state index contributed by atoms with van der Waals surface area (Å²) in [6, 6.07) is 1.97. The van der Waals surface area contributed by atoms with Crippen LogP contribution >= 0.6 is 46.4 Å². The Morgan fingerprint density at radius 1 is 0.636 bits per heavy atom. The van der Waals surface area contributed by atoms with Crippen molar-refractivity contribution in [3.63, 3.8) is 0 Å². The van der Waals surface area contributed by atoms with Crippen LogP contribution in [0.1, 0.15) is 31.8 Å². The highest BCUT2D eigenvalue weighted by Gasteiger charge is 2.37. The van der Waals surface area contributed by atoms with Crippen LogP contribution in [0.15, 0.2) is 12.1 Å². The Labute approximate surface area is 143 Å². The van der Waals surface area contributed by atoms with Crippen LogP contribution in [0.4, 0.5) is 0 Å². The van der Waals surface area contributed by atoms with Crippen molar-refractivity contribution in [2.45, 2.75) is 0 Å². The summed E-state index contributed by atoms with van der Waals surface area (Å²) in [6.45, 7) is 0. The quantitative estimate of drug-likeness (QED) is 0.344. The molecule has 0 bridgehead atoms. The van der Waals surface area contributed by atoms with E-state index in [0.29, 0.717) is 0 Å². The first-order valence-corrected chi connectivity index (χ1v) is 7.28. The van der Waals surface area contributed by atoms with E-state index in [1.165, 1.54) is 0 Å². The fourth-order valence-corrected chi connectivity index (χ4v) is 3.30.